The summed E-state index contributed by atoms with van der Waals surface area (Å²) >= 11 is 0. The van der Waals surface area contributed by atoms with Crippen molar-refractivity contribution in [3.8, 4) is 39.7 Å². The molecule has 0 radical (unpaired) electrons. The van der Waals surface area contributed by atoms with Gasteiger partial charge < -0.3 is 24.8 Å². The Morgan fingerprint density at radius 2 is 1.74 bits per heavy atom. The van der Waals surface area contributed by atoms with Crippen LogP contribution in [0.4, 0.5) is 5.69 Å². The van der Waals surface area contributed by atoms with Crippen molar-refractivity contribution in [3.05, 3.63) is 78.6 Å². The van der Waals surface area contributed by atoms with Gasteiger partial charge in [0.2, 0.25) is 0 Å². The molecule has 0 saturated heterocycles. The molecule has 0 spiro atoms. The summed E-state index contributed by atoms with van der Waals surface area (Å²) in [6, 6.07) is 19.4. The number of rotatable bonds is 9. The fourth-order valence-electron chi connectivity index (χ4n) is 4.07. The molecule has 0 saturated carbocycles. The number of benzene rings is 2. The summed E-state index contributed by atoms with van der Waals surface area (Å²) in [5.74, 6) is 0.250. The Hall–Kier alpha value is -3.77. The van der Waals surface area contributed by atoms with Crippen LogP contribution >= 0.6 is 0 Å². The number of aromatic hydroxyl groups is 2. The zero-order valence-electron chi connectivity index (χ0n) is 19.8. The third-order valence-corrected chi connectivity index (χ3v) is 5.79. The molecule has 0 aliphatic heterocycles. The molecule has 0 aliphatic rings. The Balaban J connectivity index is 1.80. The average Bonchev–Trinajstić information content (AvgIpc) is 3.27. The number of phenolic OH excluding ortho intramolecular Hbond substituents is 2. The van der Waals surface area contributed by atoms with E-state index in [4.69, 9.17) is 4.74 Å². The maximum Gasteiger partial charge on any atom is 0.128 e. The Labute approximate surface area is 200 Å². The third kappa shape index (κ3) is 4.92. The summed E-state index contributed by atoms with van der Waals surface area (Å²) in [6.07, 6.45) is 3.58. The first-order valence-electron chi connectivity index (χ1n) is 11.6. The van der Waals surface area contributed by atoms with E-state index in [-0.39, 0.29) is 17.4 Å². The van der Waals surface area contributed by atoms with E-state index in [0.29, 0.717) is 18.8 Å². The molecule has 34 heavy (non-hydrogen) atoms. The van der Waals surface area contributed by atoms with Crippen LogP contribution in [0.25, 0.3) is 28.2 Å². The quantitative estimate of drug-likeness (QED) is 0.261. The number of hydrogen-bond acceptors (Lipinski definition) is 5. The predicted molar refractivity (Wildman–Crippen MR) is 137 cm³/mol. The van der Waals surface area contributed by atoms with Crippen LogP contribution < -0.4 is 5.32 Å². The summed E-state index contributed by atoms with van der Waals surface area (Å²) < 4.78 is 7.51. The lowest BCUT2D eigenvalue weighted by molar-refractivity contribution is 0.158. The molecule has 0 bridgehead atoms. The largest absolute Gasteiger partial charge is 0.508 e. The molecule has 4 rings (SSSR count). The molecule has 176 valence electrons. The lowest BCUT2D eigenvalue weighted by atomic mass is 9.97. The van der Waals surface area contributed by atoms with Gasteiger partial charge in [-0.2, -0.15) is 0 Å². The van der Waals surface area contributed by atoms with Crippen LogP contribution in [0.3, 0.4) is 0 Å². The van der Waals surface area contributed by atoms with E-state index in [1.165, 1.54) is 6.07 Å². The zero-order valence-corrected chi connectivity index (χ0v) is 19.8. The molecule has 6 nitrogen and oxygen atoms in total. The van der Waals surface area contributed by atoms with Crippen LogP contribution in [0.15, 0.2) is 73.1 Å². The second-order valence-electron chi connectivity index (χ2n) is 8.43. The Morgan fingerprint density at radius 3 is 2.41 bits per heavy atom. The van der Waals surface area contributed by atoms with Crippen molar-refractivity contribution < 1.29 is 14.9 Å². The third-order valence-electron chi connectivity index (χ3n) is 5.79. The number of aromatic nitrogens is 2. The van der Waals surface area contributed by atoms with E-state index >= 15 is 0 Å². The normalized spacial score (nSPS) is 11.2. The van der Waals surface area contributed by atoms with Gasteiger partial charge >= 0.3 is 0 Å². The van der Waals surface area contributed by atoms with E-state index in [9.17, 15) is 10.2 Å². The molecule has 0 fully saturated rings. The predicted octanol–water partition coefficient (Wildman–Crippen LogP) is 6.19. The summed E-state index contributed by atoms with van der Waals surface area (Å²) in [5.41, 5.74) is 6.17. The number of phenols is 2. The standard InChI is InChI=1S/C28H31N3O3/c1-4-34-15-14-30-21-7-9-22(10-8-21)31-25(20-6-5-13-29-18-20)11-12-26(31)24-16-23(19(2)3)27(32)17-28(24)33/h5-13,16-19,30,32-33H,4,14-15H2,1-3H3. The molecule has 2 aromatic heterocycles. The molecule has 4 aromatic rings. The van der Waals surface area contributed by atoms with E-state index < -0.39 is 0 Å². The fraction of sp³-hybridized carbons (Fsp3) is 0.250. The van der Waals surface area contributed by atoms with E-state index in [0.717, 1.165) is 40.4 Å². The van der Waals surface area contributed by atoms with Gasteiger partial charge in [0.15, 0.2) is 0 Å². The first kappa shape index (κ1) is 23.4. The molecule has 2 aromatic carbocycles. The fourth-order valence-corrected chi connectivity index (χ4v) is 4.07. The Bertz CT molecular complexity index is 1230. The smallest absolute Gasteiger partial charge is 0.128 e. The Kier molecular flexibility index (Phi) is 7.18. The number of nitrogens with zero attached hydrogens (tertiary/aromatic N) is 2. The van der Waals surface area contributed by atoms with E-state index in [1.54, 1.807) is 6.20 Å². The summed E-state index contributed by atoms with van der Waals surface area (Å²) in [6.45, 7) is 8.13. The molecule has 3 N–H and O–H groups in total. The number of hydrogen-bond donors (Lipinski definition) is 3. The van der Waals surface area contributed by atoms with E-state index in [2.05, 4.69) is 14.9 Å². The molecule has 2 heterocycles. The minimum atomic E-state index is 0.0354. The highest BCUT2D eigenvalue weighted by Gasteiger charge is 2.19. The van der Waals surface area contributed by atoms with Crippen molar-refractivity contribution in [2.45, 2.75) is 26.7 Å². The molecule has 6 heteroatoms. The number of ether oxygens (including phenoxy) is 1. The minimum absolute atomic E-state index is 0.0354. The molecule has 0 unspecified atom stereocenters. The van der Waals surface area contributed by atoms with Gasteiger partial charge in [-0.15, -0.1) is 0 Å². The molecular weight excluding hydrogens is 426 g/mol. The SMILES string of the molecule is CCOCCNc1ccc(-n2c(-c3cccnc3)ccc2-c2cc(C(C)C)c(O)cc2O)cc1. The van der Waals surface area contributed by atoms with Crippen LogP contribution in [-0.2, 0) is 4.74 Å². The molecule has 0 amide bonds. The maximum absolute atomic E-state index is 10.8. The summed E-state index contributed by atoms with van der Waals surface area (Å²) in [7, 11) is 0. The Morgan fingerprint density at radius 1 is 0.971 bits per heavy atom. The first-order chi connectivity index (χ1) is 16.5. The van der Waals surface area contributed by atoms with Crippen molar-refractivity contribution in [2.75, 3.05) is 25.1 Å². The van der Waals surface area contributed by atoms with Gasteiger partial charge in [0.05, 0.1) is 18.0 Å². The van der Waals surface area contributed by atoms with Crippen LogP contribution in [0, 0.1) is 0 Å². The zero-order chi connectivity index (χ0) is 24.1. The highest BCUT2D eigenvalue weighted by Crippen LogP contribution is 2.41. The van der Waals surface area contributed by atoms with Crippen molar-refractivity contribution in [2.24, 2.45) is 0 Å². The van der Waals surface area contributed by atoms with Gasteiger partial charge in [-0.25, -0.2) is 0 Å². The monoisotopic (exact) mass is 457 g/mol. The average molecular weight is 458 g/mol. The minimum Gasteiger partial charge on any atom is -0.508 e. The molecule has 0 atom stereocenters. The lowest BCUT2D eigenvalue weighted by Crippen LogP contribution is -2.09. The van der Waals surface area contributed by atoms with Gasteiger partial charge in [0, 0.05) is 54.1 Å². The van der Waals surface area contributed by atoms with E-state index in [1.807, 2.05) is 81.6 Å². The van der Waals surface area contributed by atoms with Crippen molar-refractivity contribution >= 4 is 5.69 Å². The lowest BCUT2D eigenvalue weighted by Gasteiger charge is -2.18. The second kappa shape index (κ2) is 10.4. The number of nitrogens with one attached hydrogen (secondary N) is 1. The van der Waals surface area contributed by atoms with Gasteiger partial charge in [0.1, 0.15) is 11.5 Å². The maximum atomic E-state index is 10.8. The number of pyridine rings is 1. The highest BCUT2D eigenvalue weighted by molar-refractivity contribution is 5.77. The van der Waals surface area contributed by atoms with Crippen LogP contribution in [-0.4, -0.2) is 39.5 Å². The van der Waals surface area contributed by atoms with Gasteiger partial charge in [-0.05, 0) is 73.0 Å². The van der Waals surface area contributed by atoms with Crippen molar-refractivity contribution in [1.82, 2.24) is 9.55 Å². The first-order valence-corrected chi connectivity index (χ1v) is 11.6. The van der Waals surface area contributed by atoms with Gasteiger partial charge in [-0.3, -0.25) is 4.98 Å². The van der Waals surface area contributed by atoms with Gasteiger partial charge in [0.25, 0.3) is 0 Å². The summed E-state index contributed by atoms with van der Waals surface area (Å²) in [4.78, 5) is 4.29. The summed E-state index contributed by atoms with van der Waals surface area (Å²) in [5, 5.41) is 24.5. The molecule has 0 aliphatic carbocycles. The highest BCUT2D eigenvalue weighted by atomic mass is 16.5. The van der Waals surface area contributed by atoms with Crippen molar-refractivity contribution in [3.63, 3.8) is 0 Å². The van der Waals surface area contributed by atoms with Crippen LogP contribution in [0.2, 0.25) is 0 Å². The molecular formula is C28H31N3O3. The topological polar surface area (TPSA) is 79.5 Å². The van der Waals surface area contributed by atoms with Crippen LogP contribution in [0.5, 0.6) is 11.5 Å². The number of anilines is 1. The van der Waals surface area contributed by atoms with Gasteiger partial charge in [-0.1, -0.05) is 13.8 Å². The second-order valence-corrected chi connectivity index (χ2v) is 8.43. The van der Waals surface area contributed by atoms with Crippen LogP contribution in [0.1, 0.15) is 32.3 Å². The van der Waals surface area contributed by atoms with Crippen molar-refractivity contribution in [1.29, 1.82) is 0 Å².